The Morgan fingerprint density at radius 3 is 2.30 bits per heavy atom. The molecule has 8 heteroatoms. The molecule has 7 nitrogen and oxygen atoms in total. The van der Waals surface area contributed by atoms with E-state index in [1.54, 1.807) is 48.8 Å². The lowest BCUT2D eigenvalue weighted by molar-refractivity contribution is 0.102. The van der Waals surface area contributed by atoms with Gasteiger partial charge in [0.2, 0.25) is 0 Å². The van der Waals surface area contributed by atoms with Crippen molar-refractivity contribution in [3.8, 4) is 6.07 Å². The monoisotopic (exact) mass is 459 g/mol. The van der Waals surface area contributed by atoms with E-state index in [0.29, 0.717) is 22.5 Å². The maximum atomic E-state index is 12.8. The Kier molecular flexibility index (Phi) is 6.80. The number of anilines is 2. The number of carbonyl (C=O) groups is 2. The fourth-order valence-corrected chi connectivity index (χ4v) is 3.27. The maximum Gasteiger partial charge on any atom is 0.255 e. The van der Waals surface area contributed by atoms with Crippen LogP contribution in [0.25, 0.3) is 11.0 Å². The molecule has 0 atom stereocenters. The fraction of sp³-hybridized carbons (Fsp3) is 0.120. The van der Waals surface area contributed by atoms with Crippen LogP contribution >= 0.6 is 12.4 Å². The highest BCUT2D eigenvalue weighted by molar-refractivity contribution is 6.09. The van der Waals surface area contributed by atoms with Crippen molar-refractivity contribution in [1.29, 1.82) is 5.26 Å². The van der Waals surface area contributed by atoms with Crippen LogP contribution in [0.1, 0.15) is 40.1 Å². The number of amides is 2. The smallest absolute Gasteiger partial charge is 0.255 e. The van der Waals surface area contributed by atoms with Crippen molar-refractivity contribution in [3.05, 3.63) is 89.7 Å². The summed E-state index contributed by atoms with van der Waals surface area (Å²) in [5.74, 6) is -0.684. The molecule has 0 aliphatic heterocycles. The first-order valence-electron chi connectivity index (χ1n) is 10.0. The van der Waals surface area contributed by atoms with Crippen molar-refractivity contribution < 1.29 is 9.59 Å². The van der Waals surface area contributed by atoms with Gasteiger partial charge in [0.25, 0.3) is 11.8 Å². The van der Waals surface area contributed by atoms with Gasteiger partial charge in [0.15, 0.2) is 0 Å². The van der Waals surface area contributed by atoms with Crippen molar-refractivity contribution in [2.45, 2.75) is 19.3 Å². The summed E-state index contributed by atoms with van der Waals surface area (Å²) in [5, 5.41) is 15.9. The molecule has 33 heavy (non-hydrogen) atoms. The Bertz CT molecular complexity index is 1370. The first-order chi connectivity index (χ1) is 15.4. The van der Waals surface area contributed by atoms with Crippen molar-refractivity contribution in [3.63, 3.8) is 0 Å². The summed E-state index contributed by atoms with van der Waals surface area (Å²) in [7, 11) is 0. The number of rotatable bonds is 5. The van der Waals surface area contributed by atoms with Gasteiger partial charge in [-0.15, -0.1) is 12.4 Å². The number of pyridine rings is 1. The molecule has 2 aromatic carbocycles. The average Bonchev–Trinajstić information content (AvgIpc) is 3.27. The number of fused-ring (bicyclic) bond motifs is 1. The molecule has 0 spiro atoms. The number of nitriles is 1. The molecule has 4 rings (SSSR count). The third kappa shape index (κ3) is 5.20. The molecule has 166 valence electrons. The van der Waals surface area contributed by atoms with Gasteiger partial charge in [0, 0.05) is 28.4 Å². The largest absolute Gasteiger partial charge is 0.346 e. The molecular formula is C25H22ClN5O2. The van der Waals surface area contributed by atoms with Crippen LogP contribution in [0.4, 0.5) is 11.4 Å². The molecular weight excluding hydrogens is 438 g/mol. The van der Waals surface area contributed by atoms with Crippen LogP contribution in [-0.4, -0.2) is 21.8 Å². The van der Waals surface area contributed by atoms with Gasteiger partial charge in [-0.3, -0.25) is 9.59 Å². The number of hydrogen-bond donors (Lipinski definition) is 3. The van der Waals surface area contributed by atoms with Gasteiger partial charge < -0.3 is 15.6 Å². The van der Waals surface area contributed by atoms with Crippen LogP contribution in [0.5, 0.6) is 0 Å². The van der Waals surface area contributed by atoms with Crippen LogP contribution in [-0.2, 0) is 5.41 Å². The Hall–Kier alpha value is -4.15. The number of H-pyrrole nitrogens is 1. The molecule has 0 saturated carbocycles. The number of aromatic nitrogens is 2. The highest BCUT2D eigenvalue weighted by atomic mass is 35.5. The Labute approximate surface area is 197 Å². The van der Waals surface area contributed by atoms with Gasteiger partial charge in [-0.2, -0.15) is 5.26 Å². The number of aromatic amines is 1. The van der Waals surface area contributed by atoms with E-state index in [2.05, 4.69) is 26.7 Å². The number of benzene rings is 2. The van der Waals surface area contributed by atoms with E-state index in [9.17, 15) is 14.9 Å². The standard InChI is InChI=1S/C25H21N5O2.ClH/c1-25(2,15-26)19-7-4-8-20(13-19)29-23(31)17-5-3-6-18(11-17)24(32)30-21-12-16-9-10-27-22(16)28-14-21;/h3-14H,1-2H3,(H,27,28)(H,29,31)(H,30,32);1H. The summed E-state index contributed by atoms with van der Waals surface area (Å²) < 4.78 is 0. The molecule has 2 heterocycles. The lowest BCUT2D eigenvalue weighted by atomic mass is 9.86. The maximum absolute atomic E-state index is 12.8. The zero-order chi connectivity index (χ0) is 22.7. The Morgan fingerprint density at radius 2 is 1.61 bits per heavy atom. The lowest BCUT2D eigenvalue weighted by Gasteiger charge is -2.17. The molecule has 0 aliphatic carbocycles. The van der Waals surface area contributed by atoms with E-state index in [-0.39, 0.29) is 24.2 Å². The minimum atomic E-state index is -0.670. The zero-order valence-electron chi connectivity index (χ0n) is 18.0. The molecule has 2 amide bonds. The summed E-state index contributed by atoms with van der Waals surface area (Å²) in [6.45, 7) is 3.64. The quantitative estimate of drug-likeness (QED) is 0.376. The summed E-state index contributed by atoms with van der Waals surface area (Å²) in [6.07, 6.45) is 3.35. The zero-order valence-corrected chi connectivity index (χ0v) is 18.9. The molecule has 2 aromatic heterocycles. The Morgan fingerprint density at radius 1 is 0.939 bits per heavy atom. The third-order valence-corrected chi connectivity index (χ3v) is 5.17. The molecule has 0 radical (unpaired) electrons. The van der Waals surface area contributed by atoms with Crippen LogP contribution in [0.2, 0.25) is 0 Å². The molecule has 0 fully saturated rings. The fourth-order valence-electron chi connectivity index (χ4n) is 3.27. The van der Waals surface area contributed by atoms with Crippen LogP contribution in [0.3, 0.4) is 0 Å². The SMILES string of the molecule is CC(C)(C#N)c1cccc(NC(=O)c2cccc(C(=O)Nc3cnc4[nH]ccc4c3)c2)c1.Cl. The summed E-state index contributed by atoms with van der Waals surface area (Å²) >= 11 is 0. The topological polar surface area (TPSA) is 111 Å². The van der Waals surface area contributed by atoms with Crippen LogP contribution in [0, 0.1) is 11.3 Å². The molecule has 0 aliphatic rings. The van der Waals surface area contributed by atoms with Gasteiger partial charge in [0.05, 0.1) is 23.4 Å². The second-order valence-electron chi connectivity index (χ2n) is 7.95. The van der Waals surface area contributed by atoms with Gasteiger partial charge in [-0.25, -0.2) is 4.98 Å². The molecule has 0 unspecified atom stereocenters. The van der Waals surface area contributed by atoms with Gasteiger partial charge in [-0.05, 0) is 61.9 Å². The second-order valence-corrected chi connectivity index (χ2v) is 7.95. The minimum absolute atomic E-state index is 0. The predicted molar refractivity (Wildman–Crippen MR) is 131 cm³/mol. The number of nitrogens with one attached hydrogen (secondary N) is 3. The van der Waals surface area contributed by atoms with Gasteiger partial charge in [-0.1, -0.05) is 18.2 Å². The van der Waals surface area contributed by atoms with Crippen LogP contribution in [0.15, 0.2) is 73.1 Å². The number of carbonyl (C=O) groups excluding carboxylic acids is 2. The molecule has 3 N–H and O–H groups in total. The first kappa shape index (κ1) is 23.5. The van der Waals surface area contributed by atoms with E-state index < -0.39 is 5.41 Å². The van der Waals surface area contributed by atoms with Crippen molar-refractivity contribution in [2.75, 3.05) is 10.6 Å². The van der Waals surface area contributed by atoms with Gasteiger partial charge >= 0.3 is 0 Å². The van der Waals surface area contributed by atoms with E-state index in [4.69, 9.17) is 0 Å². The van der Waals surface area contributed by atoms with Crippen LogP contribution < -0.4 is 10.6 Å². The predicted octanol–water partition coefficient (Wildman–Crippen LogP) is 5.29. The number of hydrogen-bond acceptors (Lipinski definition) is 4. The molecule has 0 bridgehead atoms. The van der Waals surface area contributed by atoms with Crippen molar-refractivity contribution in [2.24, 2.45) is 0 Å². The molecule has 0 saturated heterocycles. The van der Waals surface area contributed by atoms with E-state index in [0.717, 1.165) is 16.6 Å². The van der Waals surface area contributed by atoms with E-state index >= 15 is 0 Å². The van der Waals surface area contributed by atoms with E-state index in [1.807, 2.05) is 32.0 Å². The highest BCUT2D eigenvalue weighted by Crippen LogP contribution is 2.25. The number of halogens is 1. The summed E-state index contributed by atoms with van der Waals surface area (Å²) in [4.78, 5) is 32.7. The lowest BCUT2D eigenvalue weighted by Crippen LogP contribution is -2.17. The first-order valence-corrected chi connectivity index (χ1v) is 10.0. The van der Waals surface area contributed by atoms with Gasteiger partial charge in [0.1, 0.15) is 5.65 Å². The summed E-state index contributed by atoms with van der Waals surface area (Å²) in [6, 6.07) is 19.6. The molecule has 4 aromatic rings. The number of nitrogens with zero attached hydrogens (tertiary/aromatic N) is 2. The third-order valence-electron chi connectivity index (χ3n) is 5.17. The normalized spacial score (nSPS) is 10.7. The van der Waals surface area contributed by atoms with Crippen molar-refractivity contribution >= 4 is 46.6 Å². The minimum Gasteiger partial charge on any atom is -0.346 e. The average molecular weight is 460 g/mol. The Balaban J connectivity index is 0.00000306. The highest BCUT2D eigenvalue weighted by Gasteiger charge is 2.20. The van der Waals surface area contributed by atoms with Crippen molar-refractivity contribution in [1.82, 2.24) is 9.97 Å². The summed E-state index contributed by atoms with van der Waals surface area (Å²) in [5.41, 5.74) is 2.72. The van der Waals surface area contributed by atoms with E-state index in [1.165, 1.54) is 6.07 Å². The second kappa shape index (κ2) is 9.55.